The van der Waals surface area contributed by atoms with Crippen molar-refractivity contribution in [2.45, 2.75) is 18.8 Å². The number of nitrogens with two attached hydrogens (primary N) is 1. The van der Waals surface area contributed by atoms with Gasteiger partial charge in [-0.05, 0) is 63.7 Å². The lowest BCUT2D eigenvalue weighted by Gasteiger charge is -2.18. The number of carbonyl (C=O) groups excluding carboxylic acids is 1. The molecule has 1 amide bonds. The van der Waals surface area contributed by atoms with Crippen molar-refractivity contribution < 1.29 is 18.3 Å². The molecular formula is C30H22F2N2O2. The zero-order valence-electron chi connectivity index (χ0n) is 19.2. The first-order chi connectivity index (χ1) is 17.4. The summed E-state index contributed by atoms with van der Waals surface area (Å²) in [4.78, 5) is 12.9. The second kappa shape index (κ2) is 8.43. The summed E-state index contributed by atoms with van der Waals surface area (Å²) in [5.74, 6) is -1.05. The Labute approximate surface area is 207 Å². The van der Waals surface area contributed by atoms with Gasteiger partial charge in [0.2, 0.25) is 0 Å². The molecular weight excluding hydrogens is 458 g/mol. The van der Waals surface area contributed by atoms with Gasteiger partial charge in [0, 0.05) is 28.9 Å². The van der Waals surface area contributed by atoms with E-state index in [0.29, 0.717) is 22.3 Å². The van der Waals surface area contributed by atoms with Crippen LogP contribution < -0.4 is 11.1 Å². The third-order valence-corrected chi connectivity index (χ3v) is 6.89. The fourth-order valence-corrected chi connectivity index (χ4v) is 5.02. The highest BCUT2D eigenvalue weighted by Crippen LogP contribution is 2.54. The number of halogens is 2. The number of fused-ring (bicyclic) bond motifs is 8. The molecule has 0 radical (unpaired) electrons. The van der Waals surface area contributed by atoms with Crippen LogP contribution in [-0.2, 0) is 11.3 Å². The lowest BCUT2D eigenvalue weighted by atomic mass is 9.83. The Morgan fingerprint density at radius 2 is 1.53 bits per heavy atom. The number of hydrogen-bond acceptors (Lipinski definition) is 3. The van der Waals surface area contributed by atoms with Crippen LogP contribution in [0.2, 0.25) is 0 Å². The van der Waals surface area contributed by atoms with Crippen molar-refractivity contribution in [3.05, 3.63) is 136 Å². The quantitative estimate of drug-likeness (QED) is 0.368. The van der Waals surface area contributed by atoms with E-state index in [4.69, 9.17) is 10.5 Å². The first-order valence-corrected chi connectivity index (χ1v) is 11.6. The molecule has 4 nitrogen and oxygen atoms in total. The number of amides is 1. The minimum Gasteiger partial charge on any atom is -0.399 e. The molecule has 0 saturated heterocycles. The van der Waals surface area contributed by atoms with Gasteiger partial charge in [0.15, 0.2) is 0 Å². The Morgan fingerprint density at radius 1 is 0.833 bits per heavy atom. The molecule has 36 heavy (non-hydrogen) atoms. The van der Waals surface area contributed by atoms with Crippen LogP contribution in [-0.4, -0.2) is 5.91 Å². The highest BCUT2D eigenvalue weighted by molar-refractivity contribution is 5.94. The average molecular weight is 481 g/mol. The lowest BCUT2D eigenvalue weighted by Crippen LogP contribution is -2.23. The highest BCUT2D eigenvalue weighted by Gasteiger charge is 2.43. The molecule has 2 aliphatic heterocycles. The van der Waals surface area contributed by atoms with E-state index in [0.717, 1.165) is 27.8 Å². The van der Waals surface area contributed by atoms with Gasteiger partial charge in [0.25, 0.3) is 5.91 Å². The van der Waals surface area contributed by atoms with Gasteiger partial charge in [-0.1, -0.05) is 55.1 Å². The fourth-order valence-electron chi connectivity index (χ4n) is 5.02. The molecule has 3 N–H and O–H groups in total. The number of ether oxygens (including phenoxy) is 1. The third kappa shape index (κ3) is 3.58. The Bertz CT molecular complexity index is 1560. The summed E-state index contributed by atoms with van der Waals surface area (Å²) in [5.41, 5.74) is 12.5. The van der Waals surface area contributed by atoms with E-state index in [-0.39, 0.29) is 36.2 Å². The van der Waals surface area contributed by atoms with Gasteiger partial charge < -0.3 is 15.8 Å². The Hall–Kier alpha value is -4.29. The maximum atomic E-state index is 14.4. The highest BCUT2D eigenvalue weighted by atomic mass is 19.1. The maximum absolute atomic E-state index is 14.4. The van der Waals surface area contributed by atoms with Gasteiger partial charge in [-0.2, -0.15) is 0 Å². The molecule has 0 fully saturated rings. The normalized spacial score (nSPS) is 16.9. The van der Waals surface area contributed by atoms with Crippen LogP contribution in [0.3, 0.4) is 0 Å². The molecule has 178 valence electrons. The SMILES string of the molecule is C=C(N)c1ccc(CNC(=O)c2ccc3c(c2)[C@@H]2O[C@H]3c3ccc(-c4ccccc4F)cc32)c(F)c1. The monoisotopic (exact) mass is 480 g/mol. The van der Waals surface area contributed by atoms with Gasteiger partial charge in [-0.15, -0.1) is 0 Å². The molecule has 0 saturated carbocycles. The van der Waals surface area contributed by atoms with Crippen LogP contribution in [0.15, 0.2) is 85.4 Å². The number of nitrogens with one attached hydrogen (secondary N) is 1. The van der Waals surface area contributed by atoms with Crippen molar-refractivity contribution >= 4 is 11.6 Å². The van der Waals surface area contributed by atoms with Crippen LogP contribution in [0.25, 0.3) is 16.8 Å². The minimum atomic E-state index is -0.457. The first-order valence-electron chi connectivity index (χ1n) is 11.6. The van der Waals surface area contributed by atoms with Crippen molar-refractivity contribution in [1.29, 1.82) is 0 Å². The van der Waals surface area contributed by atoms with Gasteiger partial charge in [0.05, 0.1) is 0 Å². The zero-order chi connectivity index (χ0) is 25.0. The van der Waals surface area contributed by atoms with E-state index in [1.165, 1.54) is 12.1 Å². The van der Waals surface area contributed by atoms with Crippen molar-refractivity contribution in [2.75, 3.05) is 0 Å². The standard InChI is InChI=1S/C30H22F2N2O2/c1-16(33)17-6-7-20(27(32)14-17)15-34-30(35)19-9-11-23-25(13-19)29-24-12-18(8-10-22(24)28(23)36-29)21-4-2-3-5-26(21)31/h2-14,28-29H,1,15,33H2,(H,34,35)/t28-,29+/m0/s1. The molecule has 0 aromatic heterocycles. The van der Waals surface area contributed by atoms with E-state index < -0.39 is 5.82 Å². The molecule has 2 bridgehead atoms. The van der Waals surface area contributed by atoms with Crippen LogP contribution >= 0.6 is 0 Å². The van der Waals surface area contributed by atoms with Gasteiger partial charge in [0.1, 0.15) is 23.8 Å². The van der Waals surface area contributed by atoms with Gasteiger partial charge in [-0.3, -0.25) is 4.79 Å². The minimum absolute atomic E-state index is 0.0382. The second-order valence-electron chi connectivity index (χ2n) is 9.08. The van der Waals surface area contributed by atoms with Crippen LogP contribution in [0.4, 0.5) is 8.78 Å². The smallest absolute Gasteiger partial charge is 0.251 e. The molecule has 2 heterocycles. The molecule has 6 rings (SSSR count). The molecule has 4 aromatic rings. The Morgan fingerprint density at radius 3 is 2.28 bits per heavy atom. The molecule has 0 spiro atoms. The predicted molar refractivity (Wildman–Crippen MR) is 134 cm³/mol. The summed E-state index contributed by atoms with van der Waals surface area (Å²) >= 11 is 0. The molecule has 2 atom stereocenters. The van der Waals surface area contributed by atoms with E-state index in [1.807, 2.05) is 36.4 Å². The largest absolute Gasteiger partial charge is 0.399 e. The third-order valence-electron chi connectivity index (χ3n) is 6.89. The average Bonchev–Trinajstić information content (AvgIpc) is 3.45. The maximum Gasteiger partial charge on any atom is 0.251 e. The van der Waals surface area contributed by atoms with E-state index in [9.17, 15) is 13.6 Å². The zero-order valence-corrected chi connectivity index (χ0v) is 19.2. The van der Waals surface area contributed by atoms with Crippen LogP contribution in [0, 0.1) is 11.6 Å². The van der Waals surface area contributed by atoms with E-state index in [1.54, 1.807) is 30.3 Å². The number of carbonyl (C=O) groups is 1. The van der Waals surface area contributed by atoms with E-state index >= 15 is 0 Å². The molecule has 2 aliphatic rings. The summed E-state index contributed by atoms with van der Waals surface area (Å²) in [7, 11) is 0. The van der Waals surface area contributed by atoms with Gasteiger partial charge >= 0.3 is 0 Å². The Kier molecular flexibility index (Phi) is 5.20. The number of rotatable bonds is 5. The van der Waals surface area contributed by atoms with Crippen molar-refractivity contribution in [1.82, 2.24) is 5.32 Å². The van der Waals surface area contributed by atoms with Crippen molar-refractivity contribution in [3.8, 4) is 11.1 Å². The number of benzene rings is 4. The summed E-state index contributed by atoms with van der Waals surface area (Å²) in [6.45, 7) is 3.65. The van der Waals surface area contributed by atoms with Gasteiger partial charge in [-0.25, -0.2) is 8.78 Å². The Balaban J connectivity index is 1.24. The molecule has 6 heteroatoms. The molecule has 0 aliphatic carbocycles. The lowest BCUT2D eigenvalue weighted by molar-refractivity contribution is 0.0857. The summed E-state index contributed by atoms with van der Waals surface area (Å²) < 4.78 is 35.0. The van der Waals surface area contributed by atoms with Crippen molar-refractivity contribution in [2.24, 2.45) is 5.73 Å². The number of hydrogen-bond donors (Lipinski definition) is 2. The first kappa shape index (κ1) is 22.2. The van der Waals surface area contributed by atoms with Crippen LogP contribution in [0.5, 0.6) is 0 Å². The van der Waals surface area contributed by atoms with Crippen molar-refractivity contribution in [3.63, 3.8) is 0 Å². The summed E-state index contributed by atoms with van der Waals surface area (Å²) in [5, 5.41) is 2.78. The summed E-state index contributed by atoms with van der Waals surface area (Å²) in [6.07, 6.45) is -0.537. The summed E-state index contributed by atoms with van der Waals surface area (Å²) in [6, 6.07) is 22.6. The fraction of sp³-hybridized carbons (Fsp3) is 0.100. The van der Waals surface area contributed by atoms with E-state index in [2.05, 4.69) is 11.9 Å². The molecule has 0 unspecified atom stereocenters. The second-order valence-corrected chi connectivity index (χ2v) is 9.08. The molecule has 4 aromatic carbocycles. The predicted octanol–water partition coefficient (Wildman–Crippen LogP) is 6.01. The van der Waals surface area contributed by atoms with Crippen LogP contribution in [0.1, 0.15) is 55.9 Å². The topological polar surface area (TPSA) is 64.3 Å².